The van der Waals surface area contributed by atoms with Crippen molar-refractivity contribution in [2.24, 2.45) is 9.98 Å². The van der Waals surface area contributed by atoms with Crippen LogP contribution >= 0.6 is 0 Å². The predicted octanol–water partition coefficient (Wildman–Crippen LogP) is 18.1. The van der Waals surface area contributed by atoms with E-state index in [0.29, 0.717) is 5.96 Å². The second-order valence-corrected chi connectivity index (χ2v) is 21.8. The summed E-state index contributed by atoms with van der Waals surface area (Å²) in [5.41, 5.74) is 17.8. The zero-order valence-electron chi connectivity index (χ0n) is 44.8. The van der Waals surface area contributed by atoms with E-state index in [1.807, 2.05) is 0 Å². The second kappa shape index (κ2) is 17.6. The highest BCUT2D eigenvalue weighted by Crippen LogP contribution is 2.44. The van der Waals surface area contributed by atoms with Crippen LogP contribution in [0.15, 0.2) is 289 Å². The SMILES string of the molecule is c1ccc(-n2c3ccccc3c3cc(C4=NC(n5c6ccccc6c6cc7c(cc65)c5ccccc5n7-c5cccc6c5c5ccccc5n6-c5ccccc5)=NC(c5ccc6c(c5)c5ccccc5n6-c5ccccc5)N4)ccc32)cc1. The molecule has 0 radical (unpaired) electrons. The van der Waals surface area contributed by atoms with Gasteiger partial charge >= 0.3 is 0 Å². The summed E-state index contributed by atoms with van der Waals surface area (Å²) in [6, 6.07) is 101. The molecule has 0 saturated carbocycles. The third-order valence-electron chi connectivity index (χ3n) is 17.3. The summed E-state index contributed by atoms with van der Waals surface area (Å²) in [4.78, 5) is 11.4. The number of aliphatic imine (C=N–C) groups is 2. The second-order valence-electron chi connectivity index (χ2n) is 21.8. The summed E-state index contributed by atoms with van der Waals surface area (Å²) in [5, 5.41) is 15.6. The molecule has 18 rings (SSSR count). The lowest BCUT2D eigenvalue weighted by Gasteiger charge is -2.24. The molecule has 12 aromatic carbocycles. The van der Waals surface area contributed by atoms with Crippen molar-refractivity contribution in [1.29, 1.82) is 0 Å². The van der Waals surface area contributed by atoms with Gasteiger partial charge in [0.1, 0.15) is 12.0 Å². The number of nitrogens with one attached hydrogen (secondary N) is 1. The lowest BCUT2D eigenvalue weighted by molar-refractivity contribution is 0.669. The van der Waals surface area contributed by atoms with Gasteiger partial charge in [-0.05, 0) is 127 Å². The van der Waals surface area contributed by atoms with Crippen molar-refractivity contribution in [3.05, 3.63) is 290 Å². The Balaban J connectivity index is 0.879. The molecule has 0 spiro atoms. The molecule has 0 fully saturated rings. The van der Waals surface area contributed by atoms with E-state index in [-0.39, 0.29) is 0 Å². The van der Waals surface area contributed by atoms with Crippen molar-refractivity contribution in [3.8, 4) is 22.7 Å². The number of rotatable bonds is 6. The van der Waals surface area contributed by atoms with Crippen molar-refractivity contribution in [2.45, 2.75) is 6.17 Å². The minimum atomic E-state index is -0.498. The molecule has 8 nitrogen and oxygen atoms in total. The van der Waals surface area contributed by atoms with Crippen molar-refractivity contribution in [3.63, 3.8) is 0 Å². The van der Waals surface area contributed by atoms with Crippen molar-refractivity contribution < 1.29 is 0 Å². The number of benzene rings is 12. The monoisotopic (exact) mass is 1060 g/mol. The van der Waals surface area contributed by atoms with Crippen LogP contribution in [0.4, 0.5) is 0 Å². The first-order valence-corrected chi connectivity index (χ1v) is 28.4. The van der Waals surface area contributed by atoms with E-state index in [1.54, 1.807) is 0 Å². The van der Waals surface area contributed by atoms with E-state index in [2.05, 4.69) is 307 Å². The summed E-state index contributed by atoms with van der Waals surface area (Å²) < 4.78 is 11.9. The molecule has 8 heteroatoms. The maximum Gasteiger partial charge on any atom is 0.234 e. The Labute approximate surface area is 475 Å². The molecule has 0 bridgehead atoms. The first-order valence-electron chi connectivity index (χ1n) is 28.4. The summed E-state index contributed by atoms with van der Waals surface area (Å²) in [6.45, 7) is 0. The quantitative estimate of drug-likeness (QED) is 0.177. The van der Waals surface area contributed by atoms with E-state index in [9.17, 15) is 0 Å². The molecule has 1 aliphatic heterocycles. The van der Waals surface area contributed by atoms with Crippen LogP contribution in [0.2, 0.25) is 0 Å². The van der Waals surface area contributed by atoms with E-state index < -0.39 is 6.17 Å². The standard InChI is InChI=1S/C75H48N8/c1-4-21-49(22-5-1)79-61-32-15-10-27-52(61)57-43-47(39-41-66(57)79)73-76-74(48-40-42-67-58(44-48)53-28-11-16-33-62(53)80(67)50-23-6-2-7-24-50)78-75(77-73)83-64-35-18-13-30-55(64)60-45-70-59(46-71(60)83)54-29-12-17-34-63(54)82(70)69-38-20-37-68-72(69)56-31-14-19-36-65(56)81(68)51-25-8-3-9-26-51/h1-46,73H,(H,76,77,78). The molecule has 5 aromatic heterocycles. The molecular weight excluding hydrogens is 1010 g/mol. The third-order valence-corrected chi connectivity index (χ3v) is 17.3. The summed E-state index contributed by atoms with van der Waals surface area (Å²) in [5.74, 6) is 1.35. The maximum absolute atomic E-state index is 5.73. The van der Waals surface area contributed by atoms with E-state index in [0.717, 1.165) is 116 Å². The van der Waals surface area contributed by atoms with Gasteiger partial charge in [0, 0.05) is 76.5 Å². The number of amidine groups is 1. The molecule has 17 aromatic rings. The third kappa shape index (κ3) is 6.69. The lowest BCUT2D eigenvalue weighted by Crippen LogP contribution is -2.35. The van der Waals surface area contributed by atoms with E-state index >= 15 is 0 Å². The van der Waals surface area contributed by atoms with Crippen LogP contribution in [-0.4, -0.2) is 34.6 Å². The van der Waals surface area contributed by atoms with Gasteiger partial charge in [0.15, 0.2) is 0 Å². The van der Waals surface area contributed by atoms with Gasteiger partial charge in [-0.2, -0.15) is 4.99 Å². The Bertz CT molecular complexity index is 5600. The normalized spacial score (nSPS) is 13.9. The fraction of sp³-hybridized carbons (Fsp3) is 0.0133. The molecule has 83 heavy (non-hydrogen) atoms. The Morgan fingerprint density at radius 3 is 1.23 bits per heavy atom. The van der Waals surface area contributed by atoms with Crippen molar-refractivity contribution in [2.75, 3.05) is 0 Å². The number of aromatic nitrogens is 5. The first-order chi connectivity index (χ1) is 41.2. The average molecular weight is 1060 g/mol. The predicted molar refractivity (Wildman–Crippen MR) is 345 cm³/mol. The maximum atomic E-state index is 5.73. The average Bonchev–Trinajstić information content (AvgIpc) is 3.24. The smallest absolute Gasteiger partial charge is 0.234 e. The summed E-state index contributed by atoms with van der Waals surface area (Å²) >= 11 is 0. The first kappa shape index (κ1) is 45.6. The molecule has 0 amide bonds. The molecular formula is C75H48N8. The molecule has 1 aliphatic rings. The van der Waals surface area contributed by atoms with Gasteiger partial charge in [-0.1, -0.05) is 158 Å². The van der Waals surface area contributed by atoms with Crippen LogP contribution in [-0.2, 0) is 0 Å². The zero-order chi connectivity index (χ0) is 54.3. The Morgan fingerprint density at radius 2 is 0.675 bits per heavy atom. The summed E-state index contributed by atoms with van der Waals surface area (Å²) in [6.07, 6.45) is -0.498. The van der Waals surface area contributed by atoms with Crippen LogP contribution in [0.5, 0.6) is 0 Å². The largest absolute Gasteiger partial charge is 0.344 e. The molecule has 0 aliphatic carbocycles. The zero-order valence-corrected chi connectivity index (χ0v) is 44.8. The number of hydrogen-bond acceptors (Lipinski definition) is 3. The highest BCUT2D eigenvalue weighted by Gasteiger charge is 2.28. The summed E-state index contributed by atoms with van der Waals surface area (Å²) in [7, 11) is 0. The van der Waals surface area contributed by atoms with Gasteiger partial charge in [0.25, 0.3) is 0 Å². The van der Waals surface area contributed by atoms with Gasteiger partial charge in [-0.3, -0.25) is 4.57 Å². The van der Waals surface area contributed by atoms with Crippen LogP contribution < -0.4 is 5.32 Å². The van der Waals surface area contributed by atoms with Gasteiger partial charge in [-0.25, -0.2) is 4.99 Å². The Kier molecular flexibility index (Phi) is 9.70. The van der Waals surface area contributed by atoms with Gasteiger partial charge in [0.05, 0.1) is 60.9 Å². The Hall–Kier alpha value is -11.2. The van der Waals surface area contributed by atoms with Crippen LogP contribution in [0.25, 0.3) is 132 Å². The topological polar surface area (TPSA) is 61.4 Å². The molecule has 388 valence electrons. The van der Waals surface area contributed by atoms with Gasteiger partial charge in [0.2, 0.25) is 5.96 Å². The lowest BCUT2D eigenvalue weighted by atomic mass is 10.1. The molecule has 6 heterocycles. The van der Waals surface area contributed by atoms with Crippen molar-refractivity contribution in [1.82, 2.24) is 28.2 Å². The molecule has 0 saturated heterocycles. The number of hydrogen-bond donors (Lipinski definition) is 1. The van der Waals surface area contributed by atoms with Gasteiger partial charge in [-0.15, -0.1) is 0 Å². The number of fused-ring (bicyclic) bond motifs is 15. The van der Waals surface area contributed by atoms with Crippen molar-refractivity contribution >= 4 is 121 Å². The highest BCUT2D eigenvalue weighted by molar-refractivity contribution is 6.24. The van der Waals surface area contributed by atoms with Crippen LogP contribution in [0, 0.1) is 0 Å². The fourth-order valence-electron chi connectivity index (χ4n) is 13.8. The van der Waals surface area contributed by atoms with E-state index in [1.165, 1.54) is 32.4 Å². The Morgan fingerprint density at radius 1 is 0.277 bits per heavy atom. The number of nitrogens with zero attached hydrogens (tertiary/aromatic N) is 7. The highest BCUT2D eigenvalue weighted by atomic mass is 15.3. The van der Waals surface area contributed by atoms with Gasteiger partial charge < -0.3 is 23.6 Å². The van der Waals surface area contributed by atoms with E-state index in [4.69, 9.17) is 9.98 Å². The number of para-hydroxylation sites is 8. The minimum Gasteiger partial charge on any atom is -0.344 e. The molecule has 1 N–H and O–H groups in total. The molecule has 1 atom stereocenters. The minimum absolute atomic E-state index is 0.498. The molecule has 1 unspecified atom stereocenters. The van der Waals surface area contributed by atoms with Crippen LogP contribution in [0.1, 0.15) is 17.3 Å². The van der Waals surface area contributed by atoms with Crippen LogP contribution in [0.3, 0.4) is 0 Å². The fourth-order valence-corrected chi connectivity index (χ4v) is 13.8.